The van der Waals surface area contributed by atoms with Gasteiger partial charge in [-0.1, -0.05) is 11.3 Å². The number of rotatable bonds is 3. The van der Waals surface area contributed by atoms with E-state index in [1.54, 1.807) is 23.5 Å². The Hall–Kier alpha value is -1.66. The van der Waals surface area contributed by atoms with E-state index in [0.717, 1.165) is 47.6 Å². The van der Waals surface area contributed by atoms with Gasteiger partial charge >= 0.3 is 5.97 Å². The maximum Gasteiger partial charge on any atom is 0.335 e. The fourth-order valence-corrected chi connectivity index (χ4v) is 3.90. The quantitative estimate of drug-likeness (QED) is 0.942. The number of aromatic nitrogens is 1. The molecule has 0 amide bonds. The van der Waals surface area contributed by atoms with Crippen molar-refractivity contribution in [3.8, 4) is 0 Å². The highest BCUT2D eigenvalue weighted by atomic mass is 32.1. The first-order valence-corrected chi connectivity index (χ1v) is 8.15. The molecule has 2 aliphatic rings. The summed E-state index contributed by atoms with van der Waals surface area (Å²) in [6.45, 7) is 4.26. The minimum Gasteiger partial charge on any atom is -0.478 e. The van der Waals surface area contributed by atoms with Crippen molar-refractivity contribution in [2.24, 2.45) is 0 Å². The van der Waals surface area contributed by atoms with Crippen LogP contribution in [-0.2, 0) is 0 Å². The lowest BCUT2D eigenvalue weighted by molar-refractivity contribution is 0.0697. The molecule has 0 unspecified atom stereocenters. The lowest BCUT2D eigenvalue weighted by Gasteiger charge is -2.34. The van der Waals surface area contributed by atoms with Gasteiger partial charge in [-0.15, -0.1) is 0 Å². The predicted octanol–water partition coefficient (Wildman–Crippen LogP) is 2.28. The lowest BCUT2D eigenvalue weighted by Crippen LogP contribution is -2.47. The van der Waals surface area contributed by atoms with Crippen LogP contribution < -0.4 is 4.90 Å². The predicted molar refractivity (Wildman–Crippen MR) is 83.4 cm³/mol. The van der Waals surface area contributed by atoms with E-state index in [0.29, 0.717) is 5.56 Å². The van der Waals surface area contributed by atoms with Crippen molar-refractivity contribution >= 4 is 32.7 Å². The summed E-state index contributed by atoms with van der Waals surface area (Å²) in [7, 11) is 0. The van der Waals surface area contributed by atoms with Gasteiger partial charge in [0.1, 0.15) is 0 Å². The molecule has 21 heavy (non-hydrogen) atoms. The van der Waals surface area contributed by atoms with Crippen molar-refractivity contribution in [2.75, 3.05) is 31.1 Å². The number of nitrogens with zero attached hydrogens (tertiary/aromatic N) is 3. The van der Waals surface area contributed by atoms with Gasteiger partial charge in [0.25, 0.3) is 0 Å². The summed E-state index contributed by atoms with van der Waals surface area (Å²) in [4.78, 5) is 20.5. The highest BCUT2D eigenvalue weighted by molar-refractivity contribution is 7.22. The van der Waals surface area contributed by atoms with Gasteiger partial charge in [-0.3, -0.25) is 4.90 Å². The molecule has 5 nitrogen and oxygen atoms in total. The minimum atomic E-state index is -0.899. The normalized spacial score (nSPS) is 20.1. The van der Waals surface area contributed by atoms with E-state index in [4.69, 9.17) is 5.11 Å². The molecule has 1 aliphatic heterocycles. The number of thiazole rings is 1. The molecule has 1 aromatic carbocycles. The smallest absolute Gasteiger partial charge is 0.335 e. The van der Waals surface area contributed by atoms with E-state index >= 15 is 0 Å². The average Bonchev–Trinajstić information content (AvgIpc) is 3.25. The van der Waals surface area contributed by atoms with Gasteiger partial charge in [0.2, 0.25) is 0 Å². The highest BCUT2D eigenvalue weighted by Crippen LogP contribution is 2.32. The molecule has 2 aromatic rings. The monoisotopic (exact) mass is 303 g/mol. The van der Waals surface area contributed by atoms with E-state index in [-0.39, 0.29) is 0 Å². The summed E-state index contributed by atoms with van der Waals surface area (Å²) >= 11 is 1.65. The molecule has 1 N–H and O–H groups in total. The Balaban J connectivity index is 1.54. The van der Waals surface area contributed by atoms with E-state index in [1.807, 2.05) is 6.07 Å². The molecular weight excluding hydrogens is 286 g/mol. The second-order valence-corrected chi connectivity index (χ2v) is 6.75. The Morgan fingerprint density at radius 2 is 2.00 bits per heavy atom. The van der Waals surface area contributed by atoms with Gasteiger partial charge in [0, 0.05) is 32.2 Å². The van der Waals surface area contributed by atoms with Gasteiger partial charge in [0.15, 0.2) is 5.13 Å². The van der Waals surface area contributed by atoms with Gasteiger partial charge in [-0.25, -0.2) is 9.78 Å². The molecular formula is C15H17N3O2S. The maximum atomic E-state index is 11.0. The zero-order chi connectivity index (χ0) is 14.4. The zero-order valence-corrected chi connectivity index (χ0v) is 12.5. The Labute approximate surface area is 126 Å². The summed E-state index contributed by atoms with van der Waals surface area (Å²) in [5, 5.41) is 10.1. The number of benzene rings is 1. The molecule has 2 heterocycles. The van der Waals surface area contributed by atoms with Gasteiger partial charge in [-0.05, 0) is 31.0 Å². The molecule has 1 aliphatic carbocycles. The zero-order valence-electron chi connectivity index (χ0n) is 11.7. The number of fused-ring (bicyclic) bond motifs is 1. The van der Waals surface area contributed by atoms with Crippen LogP contribution in [0.25, 0.3) is 10.2 Å². The van der Waals surface area contributed by atoms with Crippen molar-refractivity contribution in [1.82, 2.24) is 9.88 Å². The lowest BCUT2D eigenvalue weighted by atomic mass is 10.2. The fraction of sp³-hybridized carbons (Fsp3) is 0.467. The first kappa shape index (κ1) is 13.0. The van der Waals surface area contributed by atoms with Crippen molar-refractivity contribution in [1.29, 1.82) is 0 Å². The van der Waals surface area contributed by atoms with Crippen LogP contribution in [0.2, 0.25) is 0 Å². The van der Waals surface area contributed by atoms with Crippen LogP contribution >= 0.6 is 11.3 Å². The third-order valence-corrected chi connectivity index (χ3v) is 5.37. The van der Waals surface area contributed by atoms with E-state index in [2.05, 4.69) is 14.8 Å². The van der Waals surface area contributed by atoms with Crippen molar-refractivity contribution < 1.29 is 9.90 Å². The summed E-state index contributed by atoms with van der Waals surface area (Å²) in [5.74, 6) is -0.899. The van der Waals surface area contributed by atoms with Crippen molar-refractivity contribution in [3.63, 3.8) is 0 Å². The number of carboxylic acids is 1. The summed E-state index contributed by atoms with van der Waals surface area (Å²) in [6, 6.07) is 6.01. The molecule has 1 saturated heterocycles. The van der Waals surface area contributed by atoms with Crippen LogP contribution in [0, 0.1) is 0 Å². The Morgan fingerprint density at radius 1 is 1.24 bits per heavy atom. The standard InChI is InChI=1S/C15H17N3O2S/c19-14(20)10-1-4-13-12(9-10)16-15(21-13)18-7-5-17(6-8-18)11-2-3-11/h1,4,9,11H,2-3,5-8H2,(H,19,20). The number of hydrogen-bond acceptors (Lipinski definition) is 5. The number of aromatic carboxylic acids is 1. The molecule has 0 radical (unpaired) electrons. The molecule has 6 heteroatoms. The third kappa shape index (κ3) is 2.49. The third-order valence-electron chi connectivity index (χ3n) is 4.27. The number of anilines is 1. The molecule has 110 valence electrons. The second kappa shape index (κ2) is 4.96. The van der Waals surface area contributed by atoms with Crippen LogP contribution in [-0.4, -0.2) is 53.2 Å². The molecule has 0 atom stereocenters. The Morgan fingerprint density at radius 3 is 2.67 bits per heavy atom. The van der Waals surface area contributed by atoms with Crippen LogP contribution in [0.3, 0.4) is 0 Å². The molecule has 4 rings (SSSR count). The van der Waals surface area contributed by atoms with Crippen molar-refractivity contribution in [2.45, 2.75) is 18.9 Å². The van der Waals surface area contributed by atoms with Crippen LogP contribution in [0.5, 0.6) is 0 Å². The van der Waals surface area contributed by atoms with Crippen molar-refractivity contribution in [3.05, 3.63) is 23.8 Å². The highest BCUT2D eigenvalue weighted by Gasteiger charge is 2.31. The van der Waals surface area contributed by atoms with E-state index in [1.165, 1.54) is 12.8 Å². The molecule has 1 saturated carbocycles. The number of piperazine rings is 1. The SMILES string of the molecule is O=C(O)c1ccc2sc(N3CCN(C4CC4)CC3)nc2c1. The molecule has 0 bridgehead atoms. The Bertz CT molecular complexity index is 687. The van der Waals surface area contributed by atoms with Gasteiger partial charge in [-0.2, -0.15) is 0 Å². The minimum absolute atomic E-state index is 0.304. The van der Waals surface area contributed by atoms with Gasteiger partial charge < -0.3 is 10.0 Å². The second-order valence-electron chi connectivity index (χ2n) is 5.74. The fourth-order valence-electron chi connectivity index (χ4n) is 2.90. The summed E-state index contributed by atoms with van der Waals surface area (Å²) in [5.41, 5.74) is 1.09. The number of carboxylic acid groups (broad SMARTS) is 1. The summed E-state index contributed by atoms with van der Waals surface area (Å²) < 4.78 is 1.06. The van der Waals surface area contributed by atoms with Gasteiger partial charge in [0.05, 0.1) is 15.8 Å². The Kier molecular flexibility index (Phi) is 3.08. The maximum absolute atomic E-state index is 11.0. The average molecular weight is 303 g/mol. The van der Waals surface area contributed by atoms with Crippen LogP contribution in [0.1, 0.15) is 23.2 Å². The largest absolute Gasteiger partial charge is 0.478 e. The molecule has 2 fully saturated rings. The topological polar surface area (TPSA) is 56.7 Å². The number of carbonyl (C=O) groups is 1. The summed E-state index contributed by atoms with van der Waals surface area (Å²) in [6.07, 6.45) is 2.72. The van der Waals surface area contributed by atoms with Crippen LogP contribution in [0.4, 0.5) is 5.13 Å². The first-order chi connectivity index (χ1) is 10.2. The number of hydrogen-bond donors (Lipinski definition) is 1. The van der Waals surface area contributed by atoms with Crippen LogP contribution in [0.15, 0.2) is 18.2 Å². The first-order valence-electron chi connectivity index (χ1n) is 7.33. The molecule has 0 spiro atoms. The molecule has 1 aromatic heterocycles. The van der Waals surface area contributed by atoms with E-state index < -0.39 is 5.97 Å². The van der Waals surface area contributed by atoms with E-state index in [9.17, 15) is 4.79 Å².